The molecule has 0 N–H and O–H groups in total. The molecule has 1 amide bonds. The van der Waals surface area contributed by atoms with Gasteiger partial charge in [0.1, 0.15) is 17.8 Å². The highest BCUT2D eigenvalue weighted by molar-refractivity contribution is 7.90. The fourth-order valence-corrected chi connectivity index (χ4v) is 4.79. The van der Waals surface area contributed by atoms with Crippen molar-refractivity contribution < 1.29 is 17.9 Å². The highest BCUT2D eigenvalue weighted by atomic mass is 32.2. The van der Waals surface area contributed by atoms with Crippen LogP contribution in [0.4, 0.5) is 0 Å². The lowest BCUT2D eigenvalue weighted by atomic mass is 10.1. The maximum Gasteiger partial charge on any atom is 0.255 e. The predicted octanol–water partition coefficient (Wildman–Crippen LogP) is 2.61. The van der Waals surface area contributed by atoms with Gasteiger partial charge in [0.05, 0.1) is 22.3 Å². The second-order valence-corrected chi connectivity index (χ2v) is 10.5. The topological polar surface area (TPSA) is 120 Å². The molecule has 4 aromatic rings. The Labute approximate surface area is 202 Å². The second-order valence-electron chi connectivity index (χ2n) is 8.48. The van der Waals surface area contributed by atoms with Crippen LogP contribution >= 0.6 is 0 Å². The summed E-state index contributed by atoms with van der Waals surface area (Å²) in [6.07, 6.45) is 7.17. The number of ether oxygens (including phenoxy) is 1. The minimum atomic E-state index is -3.28. The first-order chi connectivity index (χ1) is 16.8. The van der Waals surface area contributed by atoms with Crippen molar-refractivity contribution in [2.45, 2.75) is 30.8 Å². The van der Waals surface area contributed by atoms with Crippen LogP contribution in [0, 0.1) is 6.92 Å². The maximum absolute atomic E-state index is 12.9. The van der Waals surface area contributed by atoms with Crippen LogP contribution in [-0.2, 0) is 9.84 Å². The summed E-state index contributed by atoms with van der Waals surface area (Å²) in [7, 11) is -3.28. The average molecular weight is 493 g/mol. The number of hydrogen-bond donors (Lipinski definition) is 0. The van der Waals surface area contributed by atoms with Crippen molar-refractivity contribution in [3.63, 3.8) is 0 Å². The number of hydrogen-bond acceptors (Lipinski definition) is 8. The average Bonchev–Trinajstić information content (AvgIpc) is 3.29. The zero-order valence-electron chi connectivity index (χ0n) is 19.3. The number of likely N-dealkylation sites (tertiary alicyclic amines) is 1. The first kappa shape index (κ1) is 22.9. The molecule has 1 aliphatic heterocycles. The molecule has 11 heteroatoms. The summed E-state index contributed by atoms with van der Waals surface area (Å²) < 4.78 is 31.3. The Morgan fingerprint density at radius 2 is 1.80 bits per heavy atom. The summed E-state index contributed by atoms with van der Waals surface area (Å²) in [5.74, 6) is 0.420. The molecule has 0 unspecified atom stereocenters. The van der Waals surface area contributed by atoms with Gasteiger partial charge in [0.25, 0.3) is 5.91 Å². The van der Waals surface area contributed by atoms with E-state index in [0.717, 1.165) is 5.69 Å². The zero-order valence-corrected chi connectivity index (χ0v) is 20.1. The fraction of sp³-hybridized carbons (Fsp3) is 0.292. The van der Waals surface area contributed by atoms with Crippen LogP contribution in [0.1, 0.15) is 28.9 Å². The van der Waals surface area contributed by atoms with E-state index in [2.05, 4.69) is 20.1 Å². The van der Waals surface area contributed by atoms with Crippen molar-refractivity contribution in [3.05, 3.63) is 66.4 Å². The van der Waals surface area contributed by atoms with Gasteiger partial charge in [-0.3, -0.25) is 9.78 Å². The summed E-state index contributed by atoms with van der Waals surface area (Å²) in [5.41, 5.74) is 2.58. The van der Waals surface area contributed by atoms with Crippen molar-refractivity contribution >= 4 is 26.8 Å². The first-order valence-electron chi connectivity index (χ1n) is 11.2. The highest BCUT2D eigenvalue weighted by Crippen LogP contribution is 2.27. The number of carbonyl (C=O) groups excluding carboxylic acids is 1. The van der Waals surface area contributed by atoms with E-state index in [-0.39, 0.29) is 16.9 Å². The molecule has 0 bridgehead atoms. The van der Waals surface area contributed by atoms with Gasteiger partial charge in [0, 0.05) is 44.1 Å². The van der Waals surface area contributed by atoms with Gasteiger partial charge in [0.15, 0.2) is 15.5 Å². The largest absolute Gasteiger partial charge is 0.474 e. The number of piperidine rings is 1. The van der Waals surface area contributed by atoms with Crippen molar-refractivity contribution in [2.75, 3.05) is 19.3 Å². The quantitative estimate of drug-likeness (QED) is 0.417. The van der Waals surface area contributed by atoms with E-state index in [1.165, 1.54) is 12.6 Å². The lowest BCUT2D eigenvalue weighted by Crippen LogP contribution is -2.42. The van der Waals surface area contributed by atoms with Crippen LogP contribution in [0.5, 0.6) is 5.88 Å². The first-order valence-corrected chi connectivity index (χ1v) is 13.1. The lowest BCUT2D eigenvalue weighted by Gasteiger charge is -2.32. The number of amides is 1. The summed E-state index contributed by atoms with van der Waals surface area (Å²) in [6, 6.07) is 10.0. The Morgan fingerprint density at radius 1 is 1.06 bits per heavy atom. The minimum absolute atomic E-state index is 0.0124. The molecule has 1 saturated heterocycles. The molecule has 1 fully saturated rings. The van der Waals surface area contributed by atoms with Crippen molar-refractivity contribution in [1.82, 2.24) is 29.6 Å². The van der Waals surface area contributed by atoms with E-state index in [1.807, 2.05) is 11.8 Å². The Morgan fingerprint density at radius 3 is 2.49 bits per heavy atom. The Bertz CT molecular complexity index is 1490. The van der Waals surface area contributed by atoms with Crippen LogP contribution in [0.15, 0.2) is 60.0 Å². The molecule has 0 aliphatic carbocycles. The third-order valence-electron chi connectivity index (χ3n) is 6.08. The summed E-state index contributed by atoms with van der Waals surface area (Å²) >= 11 is 0. The van der Waals surface area contributed by atoms with Gasteiger partial charge in [-0.25, -0.2) is 23.1 Å². The van der Waals surface area contributed by atoms with E-state index in [0.29, 0.717) is 54.1 Å². The second kappa shape index (κ2) is 9.06. The van der Waals surface area contributed by atoms with E-state index >= 15 is 0 Å². The SMILES string of the molecule is Cc1ncccc1C(=O)N1CCC(Oc2ncnc3c2cnn3-c2ccc(S(C)(=O)=O)cc2)CC1. The molecule has 1 aromatic carbocycles. The third kappa shape index (κ3) is 4.59. The third-order valence-corrected chi connectivity index (χ3v) is 7.21. The molecule has 10 nitrogen and oxygen atoms in total. The van der Waals surface area contributed by atoms with Crippen LogP contribution in [0.25, 0.3) is 16.7 Å². The van der Waals surface area contributed by atoms with Gasteiger partial charge in [-0.05, 0) is 43.3 Å². The molecule has 0 saturated carbocycles. The minimum Gasteiger partial charge on any atom is -0.474 e. The van der Waals surface area contributed by atoms with Crippen molar-refractivity contribution in [3.8, 4) is 11.6 Å². The van der Waals surface area contributed by atoms with Gasteiger partial charge >= 0.3 is 0 Å². The number of benzene rings is 1. The molecular weight excluding hydrogens is 468 g/mol. The number of aromatic nitrogens is 5. The number of carbonyl (C=O) groups is 1. The van der Waals surface area contributed by atoms with E-state index in [4.69, 9.17) is 4.74 Å². The van der Waals surface area contributed by atoms with E-state index in [1.54, 1.807) is 53.5 Å². The zero-order chi connectivity index (χ0) is 24.6. The maximum atomic E-state index is 12.9. The van der Waals surface area contributed by atoms with E-state index in [9.17, 15) is 13.2 Å². The Kier molecular flexibility index (Phi) is 5.93. The van der Waals surface area contributed by atoms with Gasteiger partial charge in [0.2, 0.25) is 5.88 Å². The van der Waals surface area contributed by atoms with Crippen LogP contribution < -0.4 is 4.74 Å². The van der Waals surface area contributed by atoms with Gasteiger partial charge in [-0.2, -0.15) is 5.10 Å². The van der Waals surface area contributed by atoms with Crippen LogP contribution in [0.2, 0.25) is 0 Å². The standard InChI is InChI=1S/C24H24N6O4S/c1-16-20(4-3-11-25-16)24(31)29-12-9-18(10-13-29)34-23-21-14-28-30(22(21)26-15-27-23)17-5-7-19(8-6-17)35(2,32)33/h3-8,11,14-15,18H,9-10,12-13H2,1-2H3. The molecule has 5 rings (SSSR count). The fourth-order valence-electron chi connectivity index (χ4n) is 4.16. The summed E-state index contributed by atoms with van der Waals surface area (Å²) in [6.45, 7) is 3.00. The van der Waals surface area contributed by atoms with Crippen molar-refractivity contribution in [1.29, 1.82) is 0 Å². The number of pyridine rings is 1. The Balaban J connectivity index is 1.30. The van der Waals surface area contributed by atoms with Gasteiger partial charge in [-0.15, -0.1) is 0 Å². The van der Waals surface area contributed by atoms with Gasteiger partial charge < -0.3 is 9.64 Å². The highest BCUT2D eigenvalue weighted by Gasteiger charge is 2.26. The molecule has 3 aromatic heterocycles. The number of aryl methyl sites for hydroxylation is 1. The Hall–Kier alpha value is -3.86. The van der Waals surface area contributed by atoms with Crippen LogP contribution in [-0.4, -0.2) is 69.4 Å². The van der Waals surface area contributed by atoms with Crippen molar-refractivity contribution in [2.24, 2.45) is 0 Å². The molecule has 0 atom stereocenters. The number of nitrogens with zero attached hydrogens (tertiary/aromatic N) is 6. The summed E-state index contributed by atoms with van der Waals surface area (Å²) in [5, 5.41) is 5.07. The number of sulfone groups is 1. The smallest absolute Gasteiger partial charge is 0.255 e. The lowest BCUT2D eigenvalue weighted by molar-refractivity contribution is 0.0589. The normalized spacial score (nSPS) is 14.9. The molecule has 0 radical (unpaired) electrons. The van der Waals surface area contributed by atoms with Gasteiger partial charge in [-0.1, -0.05) is 0 Å². The number of rotatable bonds is 5. The summed E-state index contributed by atoms with van der Waals surface area (Å²) in [4.78, 5) is 27.8. The van der Waals surface area contributed by atoms with Crippen LogP contribution in [0.3, 0.4) is 0 Å². The monoisotopic (exact) mass is 492 g/mol. The molecule has 0 spiro atoms. The molecular formula is C24H24N6O4S. The van der Waals surface area contributed by atoms with E-state index < -0.39 is 9.84 Å². The molecule has 1 aliphatic rings. The predicted molar refractivity (Wildman–Crippen MR) is 128 cm³/mol. The molecule has 35 heavy (non-hydrogen) atoms. The molecule has 4 heterocycles. The number of fused-ring (bicyclic) bond motifs is 1. The molecule has 180 valence electrons.